The smallest absolute Gasteiger partial charge is 0.227 e. The van der Waals surface area contributed by atoms with Crippen LogP contribution in [0.5, 0.6) is 0 Å². The Morgan fingerprint density at radius 2 is 1.13 bits per heavy atom. The minimum Gasteiger partial charge on any atom is -0.326 e. The number of hydrogen-bond acceptors (Lipinski definition) is 3. The first-order valence-electron chi connectivity index (χ1n) is 11.4. The molecule has 3 N–H and O–H groups in total. The summed E-state index contributed by atoms with van der Waals surface area (Å²) < 4.78 is 0. The van der Waals surface area contributed by atoms with E-state index in [1.165, 1.54) is 0 Å². The summed E-state index contributed by atoms with van der Waals surface area (Å²) in [5.74, 6) is 0.0381. The molecule has 31 heavy (non-hydrogen) atoms. The van der Waals surface area contributed by atoms with Gasteiger partial charge in [0.15, 0.2) is 0 Å². The molecule has 0 heterocycles. The van der Waals surface area contributed by atoms with Gasteiger partial charge in [-0.25, -0.2) is 0 Å². The van der Waals surface area contributed by atoms with Gasteiger partial charge in [0.1, 0.15) is 0 Å². The molecule has 3 amide bonds. The number of nitrogens with one attached hydrogen (secondary N) is 3. The van der Waals surface area contributed by atoms with Crippen LogP contribution >= 0.6 is 0 Å². The average Bonchev–Trinajstić information content (AvgIpc) is 2.67. The van der Waals surface area contributed by atoms with Crippen LogP contribution in [-0.4, -0.2) is 17.7 Å². The van der Waals surface area contributed by atoms with E-state index in [4.69, 9.17) is 0 Å². The van der Waals surface area contributed by atoms with Crippen LogP contribution in [0.3, 0.4) is 0 Å². The number of amides is 3. The Bertz CT molecular complexity index is 760. The first-order chi connectivity index (χ1) is 14.4. The normalized spacial score (nSPS) is 19.3. The zero-order valence-corrected chi connectivity index (χ0v) is 20.1. The Morgan fingerprint density at radius 3 is 1.48 bits per heavy atom. The van der Waals surface area contributed by atoms with E-state index in [2.05, 4.69) is 36.7 Å². The fourth-order valence-electron chi connectivity index (χ4n) is 3.88. The molecule has 1 fully saturated rings. The molecule has 0 bridgehead atoms. The van der Waals surface area contributed by atoms with Crippen molar-refractivity contribution in [2.24, 2.45) is 29.1 Å². The highest BCUT2D eigenvalue weighted by Crippen LogP contribution is 2.40. The van der Waals surface area contributed by atoms with Crippen LogP contribution in [0.2, 0.25) is 0 Å². The summed E-state index contributed by atoms with van der Waals surface area (Å²) in [7, 11) is 0. The van der Waals surface area contributed by atoms with E-state index < -0.39 is 0 Å². The fourth-order valence-corrected chi connectivity index (χ4v) is 3.88. The molecule has 6 heteroatoms. The lowest BCUT2D eigenvalue weighted by molar-refractivity contribution is -0.121. The van der Waals surface area contributed by atoms with Crippen LogP contribution in [0, 0.1) is 29.1 Å². The molecule has 1 aromatic carbocycles. The van der Waals surface area contributed by atoms with Gasteiger partial charge < -0.3 is 16.0 Å². The van der Waals surface area contributed by atoms with Crippen molar-refractivity contribution in [2.45, 2.75) is 74.1 Å². The van der Waals surface area contributed by atoms with E-state index in [0.29, 0.717) is 23.0 Å². The molecule has 0 unspecified atom stereocenters. The van der Waals surface area contributed by atoms with Crippen LogP contribution in [0.4, 0.5) is 17.1 Å². The third-order valence-electron chi connectivity index (χ3n) is 6.11. The summed E-state index contributed by atoms with van der Waals surface area (Å²) in [6.45, 7) is 14.1. The molecule has 0 spiro atoms. The van der Waals surface area contributed by atoms with Gasteiger partial charge >= 0.3 is 0 Å². The third kappa shape index (κ3) is 7.37. The molecule has 1 aliphatic rings. The highest BCUT2D eigenvalue weighted by Gasteiger charge is 2.32. The lowest BCUT2D eigenvalue weighted by Crippen LogP contribution is -2.31. The molecular formula is C25H39N3O3. The predicted octanol–water partition coefficient (Wildman–Crippen LogP) is 5.67. The monoisotopic (exact) mass is 429 g/mol. The second-order valence-electron chi connectivity index (χ2n) is 10.5. The van der Waals surface area contributed by atoms with E-state index in [1.807, 2.05) is 27.7 Å². The van der Waals surface area contributed by atoms with Crippen molar-refractivity contribution in [3.63, 3.8) is 0 Å². The summed E-state index contributed by atoms with van der Waals surface area (Å²) in [6.07, 6.45) is 3.88. The van der Waals surface area contributed by atoms with Gasteiger partial charge in [0, 0.05) is 34.8 Å². The molecule has 2 rings (SSSR count). The molecule has 1 aliphatic carbocycles. The summed E-state index contributed by atoms with van der Waals surface area (Å²) in [4.78, 5) is 37.2. The number of rotatable bonds is 6. The summed E-state index contributed by atoms with van der Waals surface area (Å²) in [5, 5.41) is 8.73. The molecule has 0 radical (unpaired) electrons. The van der Waals surface area contributed by atoms with Gasteiger partial charge in [0.25, 0.3) is 0 Å². The zero-order chi connectivity index (χ0) is 23.3. The zero-order valence-electron chi connectivity index (χ0n) is 20.1. The Kier molecular flexibility index (Phi) is 8.27. The maximum atomic E-state index is 12.9. The number of carbonyl (C=O) groups excluding carboxylic acids is 3. The number of benzene rings is 1. The average molecular weight is 430 g/mol. The Morgan fingerprint density at radius 1 is 0.742 bits per heavy atom. The van der Waals surface area contributed by atoms with Crippen LogP contribution in [0.15, 0.2) is 18.2 Å². The second-order valence-corrected chi connectivity index (χ2v) is 10.5. The molecule has 0 saturated heterocycles. The molecular weight excluding hydrogens is 390 g/mol. The van der Waals surface area contributed by atoms with Gasteiger partial charge in [-0.2, -0.15) is 0 Å². The first kappa shape index (κ1) is 24.9. The predicted molar refractivity (Wildman–Crippen MR) is 127 cm³/mol. The van der Waals surface area contributed by atoms with Crippen molar-refractivity contribution in [1.82, 2.24) is 0 Å². The van der Waals surface area contributed by atoms with Crippen molar-refractivity contribution in [2.75, 3.05) is 16.0 Å². The standard InChI is InChI=1S/C25H39N3O3/c1-15(2)22(29)26-19-12-20(27-23(30)16(3)4)14-21(13-19)28-24(31)17-8-10-18(11-9-17)25(5,6)7/h12-18H,8-11H2,1-7H3,(H,26,29)(H,27,30)(H,28,31)/t17-,18+. The number of hydrogen-bond donors (Lipinski definition) is 3. The first-order valence-corrected chi connectivity index (χ1v) is 11.4. The largest absolute Gasteiger partial charge is 0.326 e. The van der Waals surface area contributed by atoms with Crippen molar-refractivity contribution in [1.29, 1.82) is 0 Å². The maximum Gasteiger partial charge on any atom is 0.227 e. The molecule has 1 aromatic rings. The third-order valence-corrected chi connectivity index (χ3v) is 6.11. The highest BCUT2D eigenvalue weighted by atomic mass is 16.2. The van der Waals surface area contributed by atoms with Crippen LogP contribution in [-0.2, 0) is 14.4 Å². The topological polar surface area (TPSA) is 87.3 Å². The molecule has 0 aromatic heterocycles. The van der Waals surface area contributed by atoms with Crippen LogP contribution in [0.1, 0.15) is 74.1 Å². The van der Waals surface area contributed by atoms with Crippen LogP contribution < -0.4 is 16.0 Å². The van der Waals surface area contributed by atoms with Crippen molar-refractivity contribution in [3.05, 3.63) is 18.2 Å². The molecule has 1 saturated carbocycles. The van der Waals surface area contributed by atoms with Crippen molar-refractivity contribution >= 4 is 34.8 Å². The SMILES string of the molecule is CC(C)C(=O)Nc1cc(NC(=O)C(C)C)cc(NC(=O)[C@H]2CC[C@@H](C(C)(C)C)CC2)c1. The summed E-state index contributed by atoms with van der Waals surface area (Å²) in [6, 6.07) is 5.19. The highest BCUT2D eigenvalue weighted by molar-refractivity contribution is 5.99. The quantitative estimate of drug-likeness (QED) is 0.545. The molecule has 0 atom stereocenters. The minimum atomic E-state index is -0.176. The Labute approximate surface area is 186 Å². The van der Waals surface area contributed by atoms with Crippen molar-refractivity contribution in [3.8, 4) is 0 Å². The van der Waals surface area contributed by atoms with Gasteiger partial charge in [0.05, 0.1) is 0 Å². The van der Waals surface area contributed by atoms with E-state index in [0.717, 1.165) is 25.7 Å². The number of carbonyl (C=O) groups is 3. The van der Waals surface area contributed by atoms with Gasteiger partial charge in [-0.3, -0.25) is 14.4 Å². The second kappa shape index (κ2) is 10.3. The summed E-state index contributed by atoms with van der Waals surface area (Å²) in [5.41, 5.74) is 1.94. The molecule has 6 nitrogen and oxygen atoms in total. The molecule has 0 aliphatic heterocycles. The van der Waals surface area contributed by atoms with Crippen molar-refractivity contribution < 1.29 is 14.4 Å². The molecule has 172 valence electrons. The lowest BCUT2D eigenvalue weighted by Gasteiger charge is -2.36. The van der Waals surface area contributed by atoms with E-state index >= 15 is 0 Å². The number of anilines is 3. The fraction of sp³-hybridized carbons (Fsp3) is 0.640. The Balaban J connectivity index is 2.15. The Hall–Kier alpha value is -2.37. The van der Waals surface area contributed by atoms with E-state index in [9.17, 15) is 14.4 Å². The van der Waals surface area contributed by atoms with Gasteiger partial charge in [-0.05, 0) is 55.2 Å². The van der Waals surface area contributed by atoms with Gasteiger partial charge in [-0.1, -0.05) is 48.5 Å². The van der Waals surface area contributed by atoms with Gasteiger partial charge in [-0.15, -0.1) is 0 Å². The lowest BCUT2D eigenvalue weighted by atomic mass is 9.69. The van der Waals surface area contributed by atoms with E-state index in [1.54, 1.807) is 18.2 Å². The summed E-state index contributed by atoms with van der Waals surface area (Å²) >= 11 is 0. The van der Waals surface area contributed by atoms with E-state index in [-0.39, 0.29) is 40.9 Å². The van der Waals surface area contributed by atoms with Gasteiger partial charge in [0.2, 0.25) is 17.7 Å². The van der Waals surface area contributed by atoms with Crippen LogP contribution in [0.25, 0.3) is 0 Å². The minimum absolute atomic E-state index is 0.000770. The maximum absolute atomic E-state index is 12.9.